The van der Waals surface area contributed by atoms with Crippen LogP contribution in [0.3, 0.4) is 0 Å². The van der Waals surface area contributed by atoms with Crippen LogP contribution in [-0.4, -0.2) is 20.9 Å². The van der Waals surface area contributed by atoms with E-state index in [-0.39, 0.29) is 11.7 Å². The minimum Gasteiger partial charge on any atom is -0.308 e. The van der Waals surface area contributed by atoms with Crippen molar-refractivity contribution in [3.63, 3.8) is 0 Å². The zero-order valence-corrected chi connectivity index (χ0v) is 16.5. The molecule has 0 fully saturated rings. The summed E-state index contributed by atoms with van der Waals surface area (Å²) >= 11 is 0. The zero-order valence-electron chi connectivity index (χ0n) is 15.7. The number of sulfonamides is 1. The smallest absolute Gasteiger partial charge is 0.236 e. The molecule has 0 radical (unpaired) electrons. The normalized spacial score (nSPS) is 14.0. The molecule has 6 heteroatoms. The third kappa shape index (κ3) is 4.39. The number of amides is 1. The number of nitrogens with one attached hydrogen (secondary N) is 1. The number of carbonyl (C=O) groups is 1. The number of aryl methyl sites for hydroxylation is 3. The molecule has 0 aliphatic carbocycles. The van der Waals surface area contributed by atoms with E-state index in [4.69, 9.17) is 0 Å². The van der Waals surface area contributed by atoms with Crippen LogP contribution in [0.4, 0.5) is 11.4 Å². The van der Waals surface area contributed by atoms with E-state index < -0.39 is 10.0 Å². The number of anilines is 2. The highest BCUT2D eigenvalue weighted by molar-refractivity contribution is 7.91. The van der Waals surface area contributed by atoms with Crippen molar-refractivity contribution in [3.8, 4) is 0 Å². The molecule has 142 valence electrons. The van der Waals surface area contributed by atoms with E-state index in [0.29, 0.717) is 25.1 Å². The number of fused-ring (bicyclic) bond motifs is 1. The average Bonchev–Trinajstić information content (AvgIpc) is 2.59. The van der Waals surface area contributed by atoms with Gasteiger partial charge in [-0.05, 0) is 49.1 Å². The van der Waals surface area contributed by atoms with Crippen LogP contribution in [0.25, 0.3) is 0 Å². The standard InChI is InChI=1S/C21H24N2O3S/c1-4-11-23-20(24)10-9-18-13-19(12-16(3)21(18)23)22-27(25,26)14-17-7-5-15(2)6-8-17/h4-8,12-13,22H,1,9-11,14H2,2-3H3. The second kappa shape index (κ2) is 7.56. The van der Waals surface area contributed by atoms with Crippen LogP contribution in [-0.2, 0) is 27.0 Å². The molecule has 0 unspecified atom stereocenters. The Labute approximate surface area is 160 Å². The van der Waals surface area contributed by atoms with Crippen molar-refractivity contribution in [2.24, 2.45) is 0 Å². The fourth-order valence-electron chi connectivity index (χ4n) is 3.43. The lowest BCUT2D eigenvalue weighted by atomic mass is 9.97. The number of rotatable bonds is 6. The Kier molecular flexibility index (Phi) is 5.37. The van der Waals surface area contributed by atoms with E-state index in [9.17, 15) is 13.2 Å². The van der Waals surface area contributed by atoms with Crippen molar-refractivity contribution in [2.45, 2.75) is 32.4 Å². The minimum atomic E-state index is -3.53. The van der Waals surface area contributed by atoms with Gasteiger partial charge in [-0.25, -0.2) is 8.42 Å². The van der Waals surface area contributed by atoms with Gasteiger partial charge in [0.05, 0.1) is 11.4 Å². The summed E-state index contributed by atoms with van der Waals surface area (Å²) in [4.78, 5) is 13.9. The van der Waals surface area contributed by atoms with Gasteiger partial charge in [-0.1, -0.05) is 35.9 Å². The SMILES string of the molecule is C=CCN1C(=O)CCc2cc(NS(=O)(=O)Cc3ccc(C)cc3)cc(C)c21. The molecular weight excluding hydrogens is 360 g/mol. The average molecular weight is 385 g/mol. The highest BCUT2D eigenvalue weighted by Crippen LogP contribution is 2.34. The second-order valence-electron chi connectivity index (χ2n) is 6.94. The molecule has 0 aromatic heterocycles. The van der Waals surface area contributed by atoms with Gasteiger partial charge in [0.2, 0.25) is 15.9 Å². The van der Waals surface area contributed by atoms with Gasteiger partial charge in [-0.2, -0.15) is 0 Å². The number of nitrogens with zero attached hydrogens (tertiary/aromatic N) is 1. The van der Waals surface area contributed by atoms with Gasteiger partial charge in [0, 0.05) is 18.7 Å². The predicted octanol–water partition coefficient (Wildman–Crippen LogP) is 3.71. The van der Waals surface area contributed by atoms with Gasteiger partial charge < -0.3 is 4.90 Å². The molecule has 27 heavy (non-hydrogen) atoms. The van der Waals surface area contributed by atoms with Crippen LogP contribution in [0.2, 0.25) is 0 Å². The number of benzene rings is 2. The molecule has 2 aromatic carbocycles. The third-order valence-corrected chi connectivity index (χ3v) is 5.88. The molecule has 1 heterocycles. The first-order chi connectivity index (χ1) is 12.8. The summed E-state index contributed by atoms with van der Waals surface area (Å²) < 4.78 is 27.8. The van der Waals surface area contributed by atoms with Crippen molar-refractivity contribution in [2.75, 3.05) is 16.2 Å². The minimum absolute atomic E-state index is 0.0678. The molecule has 1 aliphatic heterocycles. The summed E-state index contributed by atoms with van der Waals surface area (Å²) in [6, 6.07) is 11.1. The maximum absolute atomic E-state index is 12.6. The molecule has 0 saturated heterocycles. The highest BCUT2D eigenvalue weighted by Gasteiger charge is 2.26. The number of hydrogen-bond acceptors (Lipinski definition) is 3. The first-order valence-corrected chi connectivity index (χ1v) is 10.5. The number of carbonyl (C=O) groups excluding carboxylic acids is 1. The Morgan fingerprint density at radius 3 is 2.52 bits per heavy atom. The molecular formula is C21H24N2O3S. The van der Waals surface area contributed by atoms with Crippen LogP contribution < -0.4 is 9.62 Å². The van der Waals surface area contributed by atoms with Crippen molar-refractivity contribution < 1.29 is 13.2 Å². The second-order valence-corrected chi connectivity index (χ2v) is 8.66. The fourth-order valence-corrected chi connectivity index (χ4v) is 4.61. The van der Waals surface area contributed by atoms with Crippen molar-refractivity contribution >= 4 is 27.3 Å². The Hall–Kier alpha value is -2.60. The third-order valence-electron chi connectivity index (χ3n) is 4.62. The summed E-state index contributed by atoms with van der Waals surface area (Å²) in [5, 5.41) is 0. The summed E-state index contributed by atoms with van der Waals surface area (Å²) in [7, 11) is -3.53. The maximum atomic E-state index is 12.6. The first kappa shape index (κ1) is 19.2. The van der Waals surface area contributed by atoms with E-state index in [1.165, 1.54) is 0 Å². The molecule has 0 saturated carbocycles. The van der Waals surface area contributed by atoms with Gasteiger partial charge in [0.25, 0.3) is 0 Å². The molecule has 1 amide bonds. The van der Waals surface area contributed by atoms with Crippen molar-refractivity contribution in [3.05, 3.63) is 71.3 Å². The van der Waals surface area contributed by atoms with Crippen LogP contribution in [0.15, 0.2) is 49.1 Å². The summed E-state index contributed by atoms with van der Waals surface area (Å²) in [5.74, 6) is -0.0111. The summed E-state index contributed by atoms with van der Waals surface area (Å²) in [5.41, 5.74) is 5.08. The first-order valence-electron chi connectivity index (χ1n) is 8.90. The monoisotopic (exact) mass is 384 g/mol. The Morgan fingerprint density at radius 2 is 1.85 bits per heavy atom. The van der Waals surface area contributed by atoms with E-state index in [2.05, 4.69) is 11.3 Å². The number of hydrogen-bond donors (Lipinski definition) is 1. The van der Waals surface area contributed by atoms with E-state index >= 15 is 0 Å². The van der Waals surface area contributed by atoms with Crippen molar-refractivity contribution in [1.82, 2.24) is 0 Å². The maximum Gasteiger partial charge on any atom is 0.236 e. The Morgan fingerprint density at radius 1 is 1.15 bits per heavy atom. The van der Waals surface area contributed by atoms with Gasteiger partial charge >= 0.3 is 0 Å². The topological polar surface area (TPSA) is 66.5 Å². The quantitative estimate of drug-likeness (QED) is 0.772. The lowest BCUT2D eigenvalue weighted by Crippen LogP contribution is -2.35. The fraction of sp³-hybridized carbons (Fsp3) is 0.286. The summed E-state index contributed by atoms with van der Waals surface area (Å²) in [6.07, 6.45) is 2.72. The van der Waals surface area contributed by atoms with E-state index in [1.54, 1.807) is 17.0 Å². The molecule has 1 aliphatic rings. The Bertz CT molecular complexity index is 979. The van der Waals surface area contributed by atoms with E-state index in [0.717, 1.165) is 27.9 Å². The van der Waals surface area contributed by atoms with Crippen LogP contribution in [0.5, 0.6) is 0 Å². The van der Waals surface area contributed by atoms with Gasteiger partial charge in [0.15, 0.2) is 0 Å². The van der Waals surface area contributed by atoms with Crippen molar-refractivity contribution in [1.29, 1.82) is 0 Å². The van der Waals surface area contributed by atoms with Crippen LogP contribution in [0, 0.1) is 13.8 Å². The van der Waals surface area contributed by atoms with Crippen LogP contribution >= 0.6 is 0 Å². The lowest BCUT2D eigenvalue weighted by Gasteiger charge is -2.30. The van der Waals surface area contributed by atoms with Gasteiger partial charge in [-0.15, -0.1) is 6.58 Å². The Balaban J connectivity index is 1.86. The molecule has 5 nitrogen and oxygen atoms in total. The molecule has 0 spiro atoms. The zero-order chi connectivity index (χ0) is 19.6. The largest absolute Gasteiger partial charge is 0.308 e. The highest BCUT2D eigenvalue weighted by atomic mass is 32.2. The molecule has 1 N–H and O–H groups in total. The molecule has 2 aromatic rings. The van der Waals surface area contributed by atoms with Gasteiger partial charge in [-0.3, -0.25) is 9.52 Å². The molecule has 3 rings (SSSR count). The van der Waals surface area contributed by atoms with E-state index in [1.807, 2.05) is 44.2 Å². The molecule has 0 bridgehead atoms. The lowest BCUT2D eigenvalue weighted by molar-refractivity contribution is -0.118. The summed E-state index contributed by atoms with van der Waals surface area (Å²) in [6.45, 7) is 8.03. The van der Waals surface area contributed by atoms with Gasteiger partial charge in [0.1, 0.15) is 0 Å². The van der Waals surface area contributed by atoms with Crippen LogP contribution in [0.1, 0.15) is 28.7 Å². The molecule has 0 atom stereocenters. The predicted molar refractivity (Wildman–Crippen MR) is 109 cm³/mol.